The van der Waals surface area contributed by atoms with E-state index in [-0.39, 0.29) is 12.5 Å². The van der Waals surface area contributed by atoms with Gasteiger partial charge in [-0.2, -0.15) is 0 Å². The van der Waals surface area contributed by atoms with Crippen molar-refractivity contribution in [1.82, 2.24) is 4.90 Å². The number of hydrogen-bond acceptors (Lipinski definition) is 4. The van der Waals surface area contributed by atoms with Crippen molar-refractivity contribution in [3.8, 4) is 0 Å². The number of amides is 2. The first-order chi connectivity index (χ1) is 9.01. The first-order valence-electron chi connectivity index (χ1n) is 6.25. The molecule has 2 amide bonds. The van der Waals surface area contributed by atoms with Crippen LogP contribution in [0.4, 0.5) is 0 Å². The van der Waals surface area contributed by atoms with Crippen molar-refractivity contribution in [2.24, 2.45) is 5.73 Å². The lowest BCUT2D eigenvalue weighted by atomic mass is 10.0. The zero-order valence-corrected chi connectivity index (χ0v) is 11.7. The predicted octanol–water partition coefficient (Wildman–Crippen LogP) is 0.783. The van der Waals surface area contributed by atoms with Crippen LogP contribution < -0.4 is 5.73 Å². The number of morpholine rings is 1. The minimum Gasteiger partial charge on any atom is -0.367 e. The summed E-state index contributed by atoms with van der Waals surface area (Å²) in [5.74, 6) is -0.479. The normalized spacial score (nSPS) is 23.3. The van der Waals surface area contributed by atoms with E-state index in [1.807, 2.05) is 17.5 Å². The lowest BCUT2D eigenvalue weighted by Crippen LogP contribution is -2.58. The van der Waals surface area contributed by atoms with Gasteiger partial charge in [0.15, 0.2) is 5.60 Å². The molecule has 0 radical (unpaired) electrons. The van der Waals surface area contributed by atoms with Crippen molar-refractivity contribution in [2.75, 3.05) is 19.7 Å². The third-order valence-corrected chi connectivity index (χ3v) is 4.25. The number of nitrogens with zero attached hydrogens (tertiary/aromatic N) is 1. The third kappa shape index (κ3) is 3.33. The maximum Gasteiger partial charge on any atom is 0.251 e. The molecule has 1 aliphatic rings. The van der Waals surface area contributed by atoms with E-state index in [1.165, 1.54) is 4.88 Å². The lowest BCUT2D eigenvalue weighted by molar-refractivity contribution is -0.160. The monoisotopic (exact) mass is 282 g/mol. The summed E-state index contributed by atoms with van der Waals surface area (Å²) in [5.41, 5.74) is 4.26. The van der Waals surface area contributed by atoms with Gasteiger partial charge in [0.1, 0.15) is 0 Å². The predicted molar refractivity (Wildman–Crippen MR) is 72.8 cm³/mol. The van der Waals surface area contributed by atoms with Gasteiger partial charge in [0.2, 0.25) is 5.91 Å². The number of rotatable bonds is 4. The van der Waals surface area contributed by atoms with Crippen LogP contribution in [0.25, 0.3) is 0 Å². The van der Waals surface area contributed by atoms with Crippen LogP contribution in [-0.4, -0.2) is 42.0 Å². The Bertz CT molecular complexity index is 460. The highest BCUT2D eigenvalue weighted by molar-refractivity contribution is 7.09. The van der Waals surface area contributed by atoms with Crippen molar-refractivity contribution in [3.05, 3.63) is 22.4 Å². The Morgan fingerprint density at radius 3 is 3.00 bits per heavy atom. The highest BCUT2D eigenvalue weighted by atomic mass is 32.1. The van der Waals surface area contributed by atoms with E-state index in [2.05, 4.69) is 0 Å². The third-order valence-electron chi connectivity index (χ3n) is 3.31. The molecule has 1 aromatic heterocycles. The van der Waals surface area contributed by atoms with E-state index in [4.69, 9.17) is 10.5 Å². The smallest absolute Gasteiger partial charge is 0.251 e. The Morgan fingerprint density at radius 2 is 2.37 bits per heavy atom. The molecule has 0 saturated carbocycles. The fourth-order valence-electron chi connectivity index (χ4n) is 2.08. The minimum absolute atomic E-state index is 0.0455. The van der Waals surface area contributed by atoms with Crippen molar-refractivity contribution < 1.29 is 14.3 Å². The standard InChI is InChI=1S/C13H18N2O3S/c1-13(12(14)17)9-15(6-7-18-13)11(16)5-4-10-3-2-8-19-10/h2-3,8H,4-7,9H2,1H3,(H2,14,17)/t13-/m0/s1. The Balaban J connectivity index is 1.90. The summed E-state index contributed by atoms with van der Waals surface area (Å²) < 4.78 is 5.39. The lowest BCUT2D eigenvalue weighted by Gasteiger charge is -2.38. The van der Waals surface area contributed by atoms with Gasteiger partial charge in [0.25, 0.3) is 5.91 Å². The Labute approximate surface area is 116 Å². The summed E-state index contributed by atoms with van der Waals surface area (Å²) in [6.07, 6.45) is 1.19. The number of nitrogens with two attached hydrogens (primary N) is 1. The summed E-state index contributed by atoms with van der Waals surface area (Å²) in [6, 6.07) is 3.99. The topological polar surface area (TPSA) is 72.6 Å². The average molecular weight is 282 g/mol. The van der Waals surface area contributed by atoms with E-state index in [9.17, 15) is 9.59 Å². The molecule has 0 spiro atoms. The maximum atomic E-state index is 12.1. The molecule has 0 unspecified atom stereocenters. The largest absolute Gasteiger partial charge is 0.367 e. The van der Waals surface area contributed by atoms with Crippen LogP contribution >= 0.6 is 11.3 Å². The van der Waals surface area contributed by atoms with E-state index < -0.39 is 11.5 Å². The van der Waals surface area contributed by atoms with Crippen LogP contribution in [0.1, 0.15) is 18.2 Å². The number of thiophene rings is 1. The number of ether oxygens (including phenoxy) is 1. The quantitative estimate of drug-likeness (QED) is 0.887. The Morgan fingerprint density at radius 1 is 1.58 bits per heavy atom. The van der Waals surface area contributed by atoms with Gasteiger partial charge in [-0.3, -0.25) is 9.59 Å². The molecule has 5 nitrogen and oxygen atoms in total. The second-order valence-corrected chi connectivity index (χ2v) is 5.87. The molecule has 0 bridgehead atoms. The Kier molecular flexibility index (Phi) is 4.21. The number of aryl methyl sites for hydroxylation is 1. The number of hydrogen-bond donors (Lipinski definition) is 1. The molecule has 1 saturated heterocycles. The molecule has 6 heteroatoms. The van der Waals surface area contributed by atoms with Crippen LogP contribution in [0, 0.1) is 0 Å². The summed E-state index contributed by atoms with van der Waals surface area (Å²) in [4.78, 5) is 26.3. The molecular formula is C13H18N2O3S. The van der Waals surface area contributed by atoms with E-state index >= 15 is 0 Å². The van der Waals surface area contributed by atoms with Crippen LogP contribution in [0.3, 0.4) is 0 Å². The molecule has 2 rings (SSSR count). The molecule has 1 fully saturated rings. The molecule has 0 aromatic carbocycles. The highest BCUT2D eigenvalue weighted by Gasteiger charge is 2.38. The average Bonchev–Trinajstić information content (AvgIpc) is 2.89. The van der Waals surface area contributed by atoms with E-state index in [0.717, 1.165) is 6.42 Å². The Hall–Kier alpha value is -1.40. The molecule has 1 aromatic rings. The second-order valence-electron chi connectivity index (χ2n) is 4.84. The molecule has 104 valence electrons. The van der Waals surface area contributed by atoms with Gasteiger partial charge in [-0.15, -0.1) is 11.3 Å². The summed E-state index contributed by atoms with van der Waals surface area (Å²) in [5, 5.41) is 2.00. The molecule has 2 N–H and O–H groups in total. The van der Waals surface area contributed by atoms with Gasteiger partial charge < -0.3 is 15.4 Å². The van der Waals surface area contributed by atoms with Crippen molar-refractivity contribution in [1.29, 1.82) is 0 Å². The van der Waals surface area contributed by atoms with Gasteiger partial charge >= 0.3 is 0 Å². The van der Waals surface area contributed by atoms with Gasteiger partial charge in [-0.25, -0.2) is 0 Å². The van der Waals surface area contributed by atoms with E-state index in [0.29, 0.717) is 19.6 Å². The van der Waals surface area contributed by atoms with Crippen molar-refractivity contribution >= 4 is 23.2 Å². The van der Waals surface area contributed by atoms with Crippen LogP contribution in [-0.2, 0) is 20.7 Å². The zero-order valence-electron chi connectivity index (χ0n) is 10.9. The zero-order chi connectivity index (χ0) is 13.9. The van der Waals surface area contributed by atoms with Gasteiger partial charge in [-0.1, -0.05) is 6.07 Å². The van der Waals surface area contributed by atoms with Crippen molar-refractivity contribution in [3.63, 3.8) is 0 Å². The molecule has 1 aliphatic heterocycles. The first-order valence-corrected chi connectivity index (χ1v) is 7.13. The van der Waals surface area contributed by atoms with E-state index in [1.54, 1.807) is 23.2 Å². The minimum atomic E-state index is -1.06. The summed E-state index contributed by atoms with van der Waals surface area (Å²) in [6.45, 7) is 2.75. The summed E-state index contributed by atoms with van der Waals surface area (Å²) in [7, 11) is 0. The van der Waals surface area contributed by atoms with Crippen molar-refractivity contribution in [2.45, 2.75) is 25.4 Å². The van der Waals surface area contributed by atoms with Crippen LogP contribution in [0.5, 0.6) is 0 Å². The van der Waals surface area contributed by atoms with Gasteiger partial charge in [-0.05, 0) is 24.8 Å². The fourth-order valence-corrected chi connectivity index (χ4v) is 2.78. The van der Waals surface area contributed by atoms with Crippen LogP contribution in [0.15, 0.2) is 17.5 Å². The van der Waals surface area contributed by atoms with Gasteiger partial charge in [0, 0.05) is 17.8 Å². The SMILES string of the molecule is C[C@@]1(C(N)=O)CN(C(=O)CCc2cccs2)CCO1. The molecule has 2 heterocycles. The second kappa shape index (κ2) is 5.71. The number of primary amides is 1. The highest BCUT2D eigenvalue weighted by Crippen LogP contribution is 2.19. The number of carbonyl (C=O) groups excluding carboxylic acids is 2. The number of carbonyl (C=O) groups is 2. The fraction of sp³-hybridized carbons (Fsp3) is 0.538. The molecule has 0 aliphatic carbocycles. The van der Waals surface area contributed by atoms with Gasteiger partial charge in [0.05, 0.1) is 13.2 Å². The molecular weight excluding hydrogens is 264 g/mol. The summed E-state index contributed by atoms with van der Waals surface area (Å²) >= 11 is 1.65. The first kappa shape index (κ1) is 14.0. The maximum absolute atomic E-state index is 12.1. The molecule has 19 heavy (non-hydrogen) atoms. The van der Waals surface area contributed by atoms with Crippen LogP contribution in [0.2, 0.25) is 0 Å². The molecule has 1 atom stereocenters.